The van der Waals surface area contributed by atoms with Crippen LogP contribution in [0.15, 0.2) is 0 Å². The summed E-state index contributed by atoms with van der Waals surface area (Å²) >= 11 is 0. The molecule has 0 saturated carbocycles. The molecule has 1 N–H and O–H groups in total. The maximum atomic E-state index is 9.59. The van der Waals surface area contributed by atoms with Crippen molar-refractivity contribution in [2.45, 2.75) is 31.9 Å². The number of aliphatic hydroxyl groups excluding tert-OH is 1. The first-order valence-corrected chi connectivity index (χ1v) is 5.40. The zero-order valence-electron chi connectivity index (χ0n) is 9.35. The Balaban J connectivity index is 2.09. The number of aryl methyl sites for hydroxylation is 1. The van der Waals surface area contributed by atoms with Gasteiger partial charge < -0.3 is 14.6 Å². The van der Waals surface area contributed by atoms with Gasteiger partial charge in [0.25, 0.3) is 0 Å². The van der Waals surface area contributed by atoms with Crippen molar-refractivity contribution in [2.75, 3.05) is 20.6 Å². The number of aliphatic hydroxyl groups is 1. The van der Waals surface area contributed by atoms with Crippen molar-refractivity contribution in [3.63, 3.8) is 0 Å². The van der Waals surface area contributed by atoms with E-state index in [0.717, 1.165) is 37.5 Å². The van der Waals surface area contributed by atoms with Crippen LogP contribution in [-0.4, -0.2) is 51.5 Å². The van der Waals surface area contributed by atoms with Crippen molar-refractivity contribution in [3.8, 4) is 0 Å². The summed E-state index contributed by atoms with van der Waals surface area (Å²) in [4.78, 5) is 2.13. The van der Waals surface area contributed by atoms with E-state index in [-0.39, 0.29) is 6.10 Å². The molecule has 0 fully saturated rings. The van der Waals surface area contributed by atoms with E-state index in [1.54, 1.807) is 0 Å². The minimum Gasteiger partial charge on any atom is -0.391 e. The molecule has 1 atom stereocenters. The molecule has 1 aliphatic rings. The van der Waals surface area contributed by atoms with E-state index in [0.29, 0.717) is 6.54 Å². The number of aromatic nitrogens is 3. The fraction of sp³-hybridized carbons (Fsp3) is 0.800. The fourth-order valence-electron chi connectivity index (χ4n) is 1.87. The molecule has 2 rings (SSSR count). The van der Waals surface area contributed by atoms with E-state index in [2.05, 4.69) is 19.7 Å². The zero-order valence-corrected chi connectivity index (χ0v) is 9.35. The van der Waals surface area contributed by atoms with Crippen LogP contribution in [0.25, 0.3) is 0 Å². The second-order valence-corrected chi connectivity index (χ2v) is 4.39. The van der Waals surface area contributed by atoms with Crippen molar-refractivity contribution < 1.29 is 5.11 Å². The Hall–Kier alpha value is -0.940. The smallest absolute Gasteiger partial charge is 0.134 e. The highest BCUT2D eigenvalue weighted by molar-refractivity contribution is 5.00. The summed E-state index contributed by atoms with van der Waals surface area (Å²) in [5, 5.41) is 17.9. The van der Waals surface area contributed by atoms with E-state index in [1.807, 2.05) is 14.1 Å². The van der Waals surface area contributed by atoms with E-state index < -0.39 is 0 Å². The van der Waals surface area contributed by atoms with Gasteiger partial charge in [-0.1, -0.05) is 0 Å². The molecule has 0 radical (unpaired) electrons. The highest BCUT2D eigenvalue weighted by Crippen LogP contribution is 2.15. The first-order valence-electron chi connectivity index (χ1n) is 5.40. The van der Waals surface area contributed by atoms with Gasteiger partial charge in [0, 0.05) is 19.4 Å². The second kappa shape index (κ2) is 4.28. The second-order valence-electron chi connectivity index (χ2n) is 4.39. The highest BCUT2D eigenvalue weighted by Gasteiger charge is 2.20. The fourth-order valence-corrected chi connectivity index (χ4v) is 1.87. The molecule has 0 amide bonds. The Morgan fingerprint density at radius 2 is 2.27 bits per heavy atom. The third-order valence-corrected chi connectivity index (χ3v) is 2.78. The van der Waals surface area contributed by atoms with Crippen LogP contribution in [0.4, 0.5) is 0 Å². The lowest BCUT2D eigenvalue weighted by atomic mass is 10.1. The Labute approximate surface area is 89.7 Å². The normalized spacial score (nSPS) is 20.7. The summed E-state index contributed by atoms with van der Waals surface area (Å²) in [7, 11) is 4.09. The summed E-state index contributed by atoms with van der Waals surface area (Å²) in [5.41, 5.74) is 0. The summed E-state index contributed by atoms with van der Waals surface area (Å²) < 4.78 is 2.07. The van der Waals surface area contributed by atoms with Crippen LogP contribution in [0.3, 0.4) is 0 Å². The Bertz CT molecular complexity index is 334. The van der Waals surface area contributed by atoms with Crippen LogP contribution in [-0.2, 0) is 19.4 Å². The molecule has 2 heterocycles. The number of hydrogen-bond donors (Lipinski definition) is 1. The Kier molecular flexibility index (Phi) is 3.02. The monoisotopic (exact) mass is 210 g/mol. The molecule has 15 heavy (non-hydrogen) atoms. The van der Waals surface area contributed by atoms with Gasteiger partial charge in [-0.2, -0.15) is 0 Å². The molecule has 0 aromatic carbocycles. The van der Waals surface area contributed by atoms with Crippen LogP contribution < -0.4 is 0 Å². The average molecular weight is 210 g/mol. The first kappa shape index (κ1) is 10.6. The van der Waals surface area contributed by atoms with Gasteiger partial charge in [0.1, 0.15) is 11.6 Å². The molecule has 1 aromatic heterocycles. The molecular formula is C10H18N4O. The van der Waals surface area contributed by atoms with E-state index in [9.17, 15) is 5.11 Å². The molecule has 5 heteroatoms. The lowest BCUT2D eigenvalue weighted by molar-refractivity contribution is 0.129. The van der Waals surface area contributed by atoms with Crippen LogP contribution in [0.2, 0.25) is 0 Å². The molecule has 0 aliphatic carbocycles. The van der Waals surface area contributed by atoms with E-state index >= 15 is 0 Å². The minimum absolute atomic E-state index is 0.230. The quantitative estimate of drug-likeness (QED) is 0.743. The number of rotatable bonds is 3. The van der Waals surface area contributed by atoms with Crippen molar-refractivity contribution in [1.82, 2.24) is 19.7 Å². The zero-order chi connectivity index (χ0) is 10.8. The van der Waals surface area contributed by atoms with Gasteiger partial charge in [0.15, 0.2) is 0 Å². The molecule has 0 bridgehead atoms. The summed E-state index contributed by atoms with van der Waals surface area (Å²) in [6.07, 6.45) is 2.32. The lowest BCUT2D eigenvalue weighted by Gasteiger charge is -2.20. The third-order valence-electron chi connectivity index (χ3n) is 2.78. The minimum atomic E-state index is -0.230. The van der Waals surface area contributed by atoms with Gasteiger partial charge in [0.05, 0.1) is 12.6 Å². The van der Waals surface area contributed by atoms with Gasteiger partial charge in [0.2, 0.25) is 0 Å². The number of nitrogens with zero attached hydrogens (tertiary/aromatic N) is 4. The summed E-state index contributed by atoms with van der Waals surface area (Å²) in [6.45, 7) is 1.62. The van der Waals surface area contributed by atoms with Crippen LogP contribution in [0, 0.1) is 0 Å². The van der Waals surface area contributed by atoms with Crippen molar-refractivity contribution in [2.24, 2.45) is 0 Å². The molecule has 0 spiro atoms. The Morgan fingerprint density at radius 1 is 1.47 bits per heavy atom. The summed E-state index contributed by atoms with van der Waals surface area (Å²) in [6, 6.07) is 0. The molecule has 0 saturated heterocycles. The first-order chi connectivity index (χ1) is 7.16. The molecule has 5 nitrogen and oxygen atoms in total. The van der Waals surface area contributed by atoms with Crippen molar-refractivity contribution in [3.05, 3.63) is 11.6 Å². The van der Waals surface area contributed by atoms with Crippen LogP contribution >= 0.6 is 0 Å². The largest absolute Gasteiger partial charge is 0.391 e. The third kappa shape index (κ3) is 2.35. The van der Waals surface area contributed by atoms with Gasteiger partial charge >= 0.3 is 0 Å². The van der Waals surface area contributed by atoms with Crippen molar-refractivity contribution in [1.29, 1.82) is 0 Å². The molecular weight excluding hydrogens is 192 g/mol. The SMILES string of the molecule is CN(C)CCc1nnc2n1CC(O)CC2. The maximum Gasteiger partial charge on any atom is 0.134 e. The van der Waals surface area contributed by atoms with Gasteiger partial charge in [-0.3, -0.25) is 0 Å². The predicted octanol–water partition coefficient (Wildman–Crippen LogP) is -0.311. The molecule has 1 aliphatic heterocycles. The van der Waals surface area contributed by atoms with E-state index in [4.69, 9.17) is 0 Å². The molecule has 1 unspecified atom stereocenters. The average Bonchev–Trinajstić information content (AvgIpc) is 2.57. The lowest BCUT2D eigenvalue weighted by Crippen LogP contribution is -2.26. The highest BCUT2D eigenvalue weighted by atomic mass is 16.3. The van der Waals surface area contributed by atoms with Gasteiger partial charge in [-0.05, 0) is 20.5 Å². The maximum absolute atomic E-state index is 9.59. The Morgan fingerprint density at radius 3 is 3.00 bits per heavy atom. The topological polar surface area (TPSA) is 54.2 Å². The predicted molar refractivity (Wildman–Crippen MR) is 56.6 cm³/mol. The number of likely N-dealkylation sites (N-methyl/N-ethyl adjacent to an activating group) is 1. The molecule has 84 valence electrons. The molecule has 1 aromatic rings. The van der Waals surface area contributed by atoms with Crippen LogP contribution in [0.1, 0.15) is 18.1 Å². The van der Waals surface area contributed by atoms with Gasteiger partial charge in [-0.15, -0.1) is 10.2 Å². The van der Waals surface area contributed by atoms with Crippen LogP contribution in [0.5, 0.6) is 0 Å². The number of fused-ring (bicyclic) bond motifs is 1. The van der Waals surface area contributed by atoms with Crippen molar-refractivity contribution >= 4 is 0 Å². The standard InChI is InChI=1S/C10H18N4O/c1-13(2)6-5-10-12-11-9-4-3-8(15)7-14(9)10/h8,15H,3-7H2,1-2H3. The van der Waals surface area contributed by atoms with E-state index in [1.165, 1.54) is 0 Å². The van der Waals surface area contributed by atoms with Gasteiger partial charge in [-0.25, -0.2) is 0 Å². The number of hydrogen-bond acceptors (Lipinski definition) is 4. The summed E-state index contributed by atoms with van der Waals surface area (Å²) in [5.74, 6) is 2.02.